The first-order valence-corrected chi connectivity index (χ1v) is 10.6. The number of amides is 1. The Morgan fingerprint density at radius 2 is 2.04 bits per heavy atom. The maximum absolute atomic E-state index is 12.0. The van der Waals surface area contributed by atoms with E-state index in [1.54, 1.807) is 0 Å². The third-order valence-electron chi connectivity index (χ3n) is 7.13. The fourth-order valence-corrected chi connectivity index (χ4v) is 5.96. The lowest BCUT2D eigenvalue weighted by Crippen LogP contribution is -2.43. The Hall–Kier alpha value is -2.04. The highest BCUT2D eigenvalue weighted by atomic mass is 16.6. The Morgan fingerprint density at radius 3 is 2.79 bits per heavy atom. The summed E-state index contributed by atoms with van der Waals surface area (Å²) in [6.45, 7) is 7.90. The van der Waals surface area contributed by atoms with E-state index in [0.29, 0.717) is 23.5 Å². The summed E-state index contributed by atoms with van der Waals surface area (Å²) >= 11 is 0. The number of hydrogen-bond acceptors (Lipinski definition) is 4. The van der Waals surface area contributed by atoms with Crippen LogP contribution in [-0.4, -0.2) is 22.5 Å². The Bertz CT molecular complexity index is 811. The molecule has 1 amide bonds. The Balaban J connectivity index is 1.52. The minimum absolute atomic E-state index is 0.0601. The number of hydrazone groups is 1. The zero-order chi connectivity index (χ0) is 20.1. The number of aryl methyl sites for hydroxylation is 1. The van der Waals surface area contributed by atoms with Gasteiger partial charge < -0.3 is 9.84 Å². The summed E-state index contributed by atoms with van der Waals surface area (Å²) in [6, 6.07) is 5.92. The lowest BCUT2D eigenvalue weighted by atomic mass is 9.55. The molecule has 3 aliphatic carbocycles. The summed E-state index contributed by atoms with van der Waals surface area (Å²) in [4.78, 5) is 12.0. The molecule has 1 aromatic carbocycles. The van der Waals surface area contributed by atoms with Crippen LogP contribution in [0.1, 0.15) is 76.8 Å². The summed E-state index contributed by atoms with van der Waals surface area (Å²) < 4.78 is 5.32. The summed E-state index contributed by atoms with van der Waals surface area (Å²) in [5.74, 6) is 2.22. The number of carbonyl (C=O) groups is 1. The molecule has 4 atom stereocenters. The topological polar surface area (TPSA) is 70.9 Å². The highest BCUT2D eigenvalue weighted by Crippen LogP contribution is 2.59. The Kier molecular flexibility index (Phi) is 4.67. The van der Waals surface area contributed by atoms with Gasteiger partial charge in [-0.2, -0.15) is 5.10 Å². The number of phenols is 1. The monoisotopic (exact) mass is 384 g/mol. The second-order valence-electron chi connectivity index (χ2n) is 9.97. The SMILES string of the molecule is CC(C)(C)OC(=O)NN=C1CCC2C3CCc4cc(O)ccc4C3CCC12C. The van der Waals surface area contributed by atoms with Gasteiger partial charge in [-0.05, 0) is 100 Å². The summed E-state index contributed by atoms with van der Waals surface area (Å²) in [5, 5.41) is 14.3. The molecule has 2 N–H and O–H groups in total. The van der Waals surface area contributed by atoms with Gasteiger partial charge in [0.1, 0.15) is 11.4 Å². The first-order chi connectivity index (χ1) is 13.2. The lowest BCUT2D eigenvalue weighted by Gasteiger charge is -2.49. The summed E-state index contributed by atoms with van der Waals surface area (Å²) in [5.41, 5.74) is 6.06. The average molecular weight is 385 g/mol. The second kappa shape index (κ2) is 6.78. The van der Waals surface area contributed by atoms with Crippen molar-refractivity contribution in [2.24, 2.45) is 22.4 Å². The van der Waals surface area contributed by atoms with E-state index in [9.17, 15) is 9.90 Å². The number of fused-ring (bicyclic) bond motifs is 5. The maximum Gasteiger partial charge on any atom is 0.428 e. The quantitative estimate of drug-likeness (QED) is 0.660. The zero-order valence-corrected chi connectivity index (χ0v) is 17.4. The number of carbonyl (C=O) groups excluding carboxylic acids is 1. The molecule has 3 aliphatic rings. The minimum Gasteiger partial charge on any atom is -0.508 e. The molecule has 4 unspecified atom stereocenters. The second-order valence-corrected chi connectivity index (χ2v) is 9.97. The van der Waals surface area contributed by atoms with Crippen molar-refractivity contribution in [3.63, 3.8) is 0 Å². The van der Waals surface area contributed by atoms with E-state index < -0.39 is 11.7 Å². The molecule has 5 nitrogen and oxygen atoms in total. The van der Waals surface area contributed by atoms with Gasteiger partial charge in [0.25, 0.3) is 0 Å². The number of rotatable bonds is 1. The van der Waals surface area contributed by atoms with Crippen LogP contribution in [0.5, 0.6) is 5.75 Å². The van der Waals surface area contributed by atoms with Gasteiger partial charge in [0.15, 0.2) is 0 Å². The van der Waals surface area contributed by atoms with Crippen molar-refractivity contribution in [1.29, 1.82) is 0 Å². The van der Waals surface area contributed by atoms with E-state index in [1.807, 2.05) is 32.9 Å². The normalized spacial score (nSPS) is 33.0. The van der Waals surface area contributed by atoms with Crippen LogP contribution in [0.3, 0.4) is 0 Å². The lowest BCUT2D eigenvalue weighted by molar-refractivity contribution is 0.0527. The fraction of sp³-hybridized carbons (Fsp3) is 0.652. The highest BCUT2D eigenvalue weighted by molar-refractivity contribution is 5.93. The molecule has 28 heavy (non-hydrogen) atoms. The van der Waals surface area contributed by atoms with Crippen LogP contribution in [0.25, 0.3) is 0 Å². The first kappa shape index (κ1) is 19.3. The Morgan fingerprint density at radius 1 is 1.25 bits per heavy atom. The Labute approximate surface area is 167 Å². The molecular weight excluding hydrogens is 352 g/mol. The van der Waals surface area contributed by atoms with Crippen molar-refractivity contribution < 1.29 is 14.6 Å². The van der Waals surface area contributed by atoms with E-state index >= 15 is 0 Å². The number of benzene rings is 1. The zero-order valence-electron chi connectivity index (χ0n) is 17.4. The van der Waals surface area contributed by atoms with Crippen molar-refractivity contribution in [3.05, 3.63) is 29.3 Å². The highest BCUT2D eigenvalue weighted by Gasteiger charge is 2.53. The predicted molar refractivity (Wildman–Crippen MR) is 110 cm³/mol. The van der Waals surface area contributed by atoms with Crippen molar-refractivity contribution in [1.82, 2.24) is 5.43 Å². The van der Waals surface area contributed by atoms with E-state index in [-0.39, 0.29) is 5.41 Å². The number of nitrogens with zero attached hydrogens (tertiary/aromatic N) is 1. The molecule has 4 rings (SSSR count). The molecule has 1 aromatic rings. The molecule has 0 saturated heterocycles. The predicted octanol–water partition coefficient (Wildman–Crippen LogP) is 5.13. The van der Waals surface area contributed by atoms with E-state index in [1.165, 1.54) is 17.5 Å². The molecule has 0 bridgehead atoms. The number of nitrogens with one attached hydrogen (secondary N) is 1. The van der Waals surface area contributed by atoms with Crippen LogP contribution >= 0.6 is 0 Å². The molecule has 0 radical (unpaired) electrons. The van der Waals surface area contributed by atoms with E-state index in [2.05, 4.69) is 23.5 Å². The van der Waals surface area contributed by atoms with Crippen LogP contribution in [0.15, 0.2) is 23.3 Å². The molecule has 5 heteroatoms. The molecule has 0 aliphatic heterocycles. The number of ether oxygens (including phenoxy) is 1. The molecular formula is C23H32N2O3. The smallest absolute Gasteiger partial charge is 0.428 e. The summed E-state index contributed by atoms with van der Waals surface area (Å²) in [6.07, 6.45) is 6.05. The standard InChI is InChI=1S/C23H32N2O3/c1-22(2,3)28-21(27)25-24-20-10-9-19-18-7-5-14-13-15(26)6-8-16(14)17(18)11-12-23(19,20)4/h6,8,13,17-19,26H,5,7,9-12H2,1-4H3,(H,25,27). The first-order valence-electron chi connectivity index (χ1n) is 10.6. The van der Waals surface area contributed by atoms with Gasteiger partial charge in [-0.3, -0.25) is 0 Å². The van der Waals surface area contributed by atoms with Crippen molar-refractivity contribution in [3.8, 4) is 5.75 Å². The molecule has 0 aromatic heterocycles. The molecule has 152 valence electrons. The third-order valence-corrected chi connectivity index (χ3v) is 7.13. The van der Waals surface area contributed by atoms with Gasteiger partial charge in [-0.25, -0.2) is 10.2 Å². The van der Waals surface area contributed by atoms with Crippen LogP contribution in [0.4, 0.5) is 4.79 Å². The van der Waals surface area contributed by atoms with Gasteiger partial charge in [-0.1, -0.05) is 13.0 Å². The van der Waals surface area contributed by atoms with Crippen LogP contribution in [0, 0.1) is 17.3 Å². The van der Waals surface area contributed by atoms with Crippen LogP contribution in [-0.2, 0) is 11.2 Å². The number of hydrogen-bond donors (Lipinski definition) is 2. The molecule has 0 heterocycles. The van der Waals surface area contributed by atoms with Crippen molar-refractivity contribution >= 4 is 11.8 Å². The average Bonchev–Trinajstić information content (AvgIpc) is 2.94. The fourth-order valence-electron chi connectivity index (χ4n) is 5.96. The molecule has 2 fully saturated rings. The summed E-state index contributed by atoms with van der Waals surface area (Å²) in [7, 11) is 0. The minimum atomic E-state index is -0.519. The van der Waals surface area contributed by atoms with Crippen molar-refractivity contribution in [2.75, 3.05) is 0 Å². The molecule has 0 spiro atoms. The van der Waals surface area contributed by atoms with Crippen molar-refractivity contribution in [2.45, 2.75) is 77.7 Å². The number of aromatic hydroxyl groups is 1. The van der Waals surface area contributed by atoms with E-state index in [0.717, 1.165) is 37.8 Å². The third kappa shape index (κ3) is 3.40. The molecule has 2 saturated carbocycles. The number of phenolic OH excluding ortho intramolecular Hbond substituents is 1. The van der Waals surface area contributed by atoms with Crippen LogP contribution < -0.4 is 5.43 Å². The van der Waals surface area contributed by atoms with Gasteiger partial charge in [0, 0.05) is 11.1 Å². The van der Waals surface area contributed by atoms with Gasteiger partial charge >= 0.3 is 6.09 Å². The van der Waals surface area contributed by atoms with Gasteiger partial charge in [0.05, 0.1) is 0 Å². The largest absolute Gasteiger partial charge is 0.508 e. The van der Waals surface area contributed by atoms with Gasteiger partial charge in [0.2, 0.25) is 0 Å². The van der Waals surface area contributed by atoms with Gasteiger partial charge in [-0.15, -0.1) is 0 Å². The van der Waals surface area contributed by atoms with Crippen LogP contribution in [0.2, 0.25) is 0 Å². The van der Waals surface area contributed by atoms with E-state index in [4.69, 9.17) is 4.74 Å². The maximum atomic E-state index is 12.0.